The van der Waals surface area contributed by atoms with Crippen molar-refractivity contribution in [3.05, 3.63) is 65.5 Å². The van der Waals surface area contributed by atoms with Crippen molar-refractivity contribution in [2.24, 2.45) is 5.92 Å². The Kier molecular flexibility index (Phi) is 6.75. The van der Waals surface area contributed by atoms with E-state index in [1.807, 2.05) is 6.07 Å². The number of carbonyl (C=O) groups excluding carboxylic acids is 3. The highest BCUT2D eigenvalue weighted by Crippen LogP contribution is 2.20. The molecule has 0 spiro atoms. The molecule has 0 atom stereocenters. The highest BCUT2D eigenvalue weighted by molar-refractivity contribution is 5.94. The molecule has 0 aliphatic carbocycles. The summed E-state index contributed by atoms with van der Waals surface area (Å²) in [5, 5.41) is 11.4. The van der Waals surface area contributed by atoms with Gasteiger partial charge in [0.15, 0.2) is 6.61 Å². The zero-order valence-electron chi connectivity index (χ0n) is 16.1. The van der Waals surface area contributed by atoms with Crippen LogP contribution in [-0.4, -0.2) is 42.4 Å². The molecule has 0 bridgehead atoms. The minimum Gasteiger partial charge on any atom is -0.455 e. The van der Waals surface area contributed by atoms with Gasteiger partial charge in [-0.15, -0.1) is 0 Å². The van der Waals surface area contributed by atoms with Gasteiger partial charge in [0.25, 0.3) is 11.8 Å². The Bertz CT molecular complexity index is 977. The average Bonchev–Trinajstić information content (AvgIpc) is 2.77. The van der Waals surface area contributed by atoms with Gasteiger partial charge < -0.3 is 15.0 Å². The van der Waals surface area contributed by atoms with Crippen molar-refractivity contribution in [1.29, 1.82) is 5.26 Å². The van der Waals surface area contributed by atoms with E-state index in [1.165, 1.54) is 30.3 Å². The van der Waals surface area contributed by atoms with Gasteiger partial charge in [-0.3, -0.25) is 14.4 Å². The largest absolute Gasteiger partial charge is 0.455 e. The van der Waals surface area contributed by atoms with Gasteiger partial charge in [-0.05, 0) is 55.3 Å². The van der Waals surface area contributed by atoms with E-state index in [2.05, 4.69) is 5.32 Å². The van der Waals surface area contributed by atoms with Gasteiger partial charge in [0.1, 0.15) is 5.82 Å². The van der Waals surface area contributed by atoms with E-state index in [9.17, 15) is 18.8 Å². The van der Waals surface area contributed by atoms with Crippen LogP contribution in [0.15, 0.2) is 48.5 Å². The predicted molar refractivity (Wildman–Crippen MR) is 106 cm³/mol. The summed E-state index contributed by atoms with van der Waals surface area (Å²) >= 11 is 0. The number of esters is 1. The molecule has 2 amide bonds. The van der Waals surface area contributed by atoms with Crippen LogP contribution < -0.4 is 5.32 Å². The summed E-state index contributed by atoms with van der Waals surface area (Å²) in [6.45, 7) is 0.330. The van der Waals surface area contributed by atoms with Gasteiger partial charge in [0.2, 0.25) is 0 Å². The topological polar surface area (TPSA) is 99.5 Å². The van der Waals surface area contributed by atoms with Gasteiger partial charge in [-0.1, -0.05) is 6.07 Å². The van der Waals surface area contributed by atoms with E-state index in [4.69, 9.17) is 10.00 Å². The van der Waals surface area contributed by atoms with E-state index >= 15 is 0 Å². The van der Waals surface area contributed by atoms with Crippen molar-refractivity contribution in [2.75, 3.05) is 25.0 Å². The lowest BCUT2D eigenvalue weighted by atomic mass is 9.96. The summed E-state index contributed by atoms with van der Waals surface area (Å²) in [4.78, 5) is 38.3. The first-order chi connectivity index (χ1) is 14.5. The summed E-state index contributed by atoms with van der Waals surface area (Å²) in [5.74, 6) is -1.99. The fourth-order valence-electron chi connectivity index (χ4n) is 3.21. The molecule has 154 valence electrons. The normalized spacial score (nSPS) is 13.9. The predicted octanol–water partition coefficient (Wildman–Crippen LogP) is 2.73. The maximum absolute atomic E-state index is 13.0. The number of nitrogens with zero attached hydrogens (tertiary/aromatic N) is 2. The second-order valence-corrected chi connectivity index (χ2v) is 6.92. The molecule has 1 fully saturated rings. The van der Waals surface area contributed by atoms with Crippen LogP contribution in [0.25, 0.3) is 0 Å². The SMILES string of the molecule is N#Cc1cccc(NC(=O)COC(=O)C2CCN(C(=O)c3ccc(F)cc3)CC2)c1. The fraction of sp³-hybridized carbons (Fsp3) is 0.273. The van der Waals surface area contributed by atoms with Gasteiger partial charge in [-0.2, -0.15) is 5.26 Å². The van der Waals surface area contributed by atoms with E-state index in [0.29, 0.717) is 42.7 Å². The molecule has 1 aliphatic heterocycles. The van der Waals surface area contributed by atoms with Crippen LogP contribution in [0.4, 0.5) is 10.1 Å². The summed E-state index contributed by atoms with van der Waals surface area (Å²) in [6.07, 6.45) is 0.856. The number of rotatable bonds is 5. The molecule has 1 N–H and O–H groups in total. The van der Waals surface area contributed by atoms with Crippen LogP contribution in [-0.2, 0) is 14.3 Å². The minimum absolute atomic E-state index is 0.208. The zero-order valence-corrected chi connectivity index (χ0v) is 16.1. The quantitative estimate of drug-likeness (QED) is 0.766. The molecule has 2 aromatic carbocycles. The summed E-state index contributed by atoms with van der Waals surface area (Å²) in [6, 6.07) is 13.7. The number of ether oxygens (including phenoxy) is 1. The first-order valence-corrected chi connectivity index (χ1v) is 9.48. The van der Waals surface area contributed by atoms with Crippen molar-refractivity contribution < 1.29 is 23.5 Å². The van der Waals surface area contributed by atoms with Crippen molar-refractivity contribution >= 4 is 23.5 Å². The number of nitrogens with one attached hydrogen (secondary N) is 1. The van der Waals surface area contributed by atoms with E-state index in [1.54, 1.807) is 23.1 Å². The number of nitriles is 1. The number of benzene rings is 2. The van der Waals surface area contributed by atoms with E-state index in [-0.39, 0.29) is 5.91 Å². The molecule has 1 saturated heterocycles. The molecule has 2 aromatic rings. The third-order valence-corrected chi connectivity index (χ3v) is 4.83. The molecule has 0 radical (unpaired) electrons. The molecule has 0 unspecified atom stereocenters. The first-order valence-electron chi connectivity index (χ1n) is 9.48. The van der Waals surface area contributed by atoms with Crippen LogP contribution >= 0.6 is 0 Å². The van der Waals surface area contributed by atoms with Gasteiger partial charge in [-0.25, -0.2) is 4.39 Å². The highest BCUT2D eigenvalue weighted by atomic mass is 19.1. The van der Waals surface area contributed by atoms with Gasteiger partial charge in [0.05, 0.1) is 17.6 Å². The first kappa shape index (κ1) is 21.0. The number of hydrogen-bond acceptors (Lipinski definition) is 5. The lowest BCUT2D eigenvalue weighted by Gasteiger charge is -2.31. The Hall–Kier alpha value is -3.73. The Morgan fingerprint density at radius 1 is 1.13 bits per heavy atom. The van der Waals surface area contributed by atoms with Crippen molar-refractivity contribution in [2.45, 2.75) is 12.8 Å². The van der Waals surface area contributed by atoms with E-state index in [0.717, 1.165) is 0 Å². The lowest BCUT2D eigenvalue weighted by Crippen LogP contribution is -2.41. The average molecular weight is 409 g/mol. The molecule has 1 aliphatic rings. The molecule has 8 heteroatoms. The Labute approximate surface area is 173 Å². The van der Waals surface area contributed by atoms with Crippen LogP contribution in [0.3, 0.4) is 0 Å². The highest BCUT2D eigenvalue weighted by Gasteiger charge is 2.29. The smallest absolute Gasteiger partial charge is 0.309 e. The molecule has 1 heterocycles. The second kappa shape index (κ2) is 9.65. The number of anilines is 1. The third-order valence-electron chi connectivity index (χ3n) is 4.83. The Morgan fingerprint density at radius 3 is 2.50 bits per heavy atom. The maximum Gasteiger partial charge on any atom is 0.309 e. The summed E-state index contributed by atoms with van der Waals surface area (Å²) < 4.78 is 18.1. The molecular weight excluding hydrogens is 389 g/mol. The zero-order chi connectivity index (χ0) is 21.5. The van der Waals surface area contributed by atoms with Crippen molar-refractivity contribution in [1.82, 2.24) is 4.90 Å². The van der Waals surface area contributed by atoms with Crippen LogP contribution in [0.5, 0.6) is 0 Å². The monoisotopic (exact) mass is 409 g/mol. The van der Waals surface area contributed by atoms with E-state index < -0.39 is 30.2 Å². The number of piperidine rings is 1. The number of carbonyl (C=O) groups is 3. The van der Waals surface area contributed by atoms with Crippen LogP contribution in [0.2, 0.25) is 0 Å². The minimum atomic E-state index is -0.498. The standard InChI is InChI=1S/C22H20FN3O4/c23-18-6-4-16(5-7-18)21(28)26-10-8-17(9-11-26)22(29)30-14-20(27)25-19-3-1-2-15(12-19)13-24/h1-7,12,17H,8-11,14H2,(H,25,27). The van der Waals surface area contributed by atoms with Crippen molar-refractivity contribution in [3.63, 3.8) is 0 Å². The van der Waals surface area contributed by atoms with Crippen LogP contribution in [0, 0.1) is 23.1 Å². The number of amides is 2. The Morgan fingerprint density at radius 2 is 1.83 bits per heavy atom. The molecular formula is C22H20FN3O4. The number of likely N-dealkylation sites (tertiary alicyclic amines) is 1. The number of hydrogen-bond donors (Lipinski definition) is 1. The fourth-order valence-corrected chi connectivity index (χ4v) is 3.21. The molecule has 30 heavy (non-hydrogen) atoms. The third kappa shape index (κ3) is 5.41. The van der Waals surface area contributed by atoms with Gasteiger partial charge >= 0.3 is 5.97 Å². The lowest BCUT2D eigenvalue weighted by molar-refractivity contribution is -0.152. The van der Waals surface area contributed by atoms with Gasteiger partial charge in [0, 0.05) is 24.3 Å². The summed E-state index contributed by atoms with van der Waals surface area (Å²) in [5.41, 5.74) is 1.25. The molecule has 0 saturated carbocycles. The Balaban J connectivity index is 1.43. The van der Waals surface area contributed by atoms with Crippen LogP contribution in [0.1, 0.15) is 28.8 Å². The maximum atomic E-state index is 13.0. The molecule has 3 rings (SSSR count). The summed E-state index contributed by atoms with van der Waals surface area (Å²) in [7, 11) is 0. The number of halogens is 1. The van der Waals surface area contributed by atoms with Crippen molar-refractivity contribution in [3.8, 4) is 6.07 Å². The molecule has 7 nitrogen and oxygen atoms in total. The molecule has 0 aromatic heterocycles. The second-order valence-electron chi connectivity index (χ2n) is 6.92.